The van der Waals surface area contributed by atoms with E-state index in [2.05, 4.69) is 5.32 Å². The van der Waals surface area contributed by atoms with Gasteiger partial charge in [0.15, 0.2) is 9.84 Å². The number of carbonyl (C=O) groups excluding carboxylic acids is 1. The Hall–Kier alpha value is -2.94. The first-order valence-corrected chi connectivity index (χ1v) is 8.95. The Morgan fingerprint density at radius 2 is 1.72 bits per heavy atom. The molecule has 0 aliphatic carbocycles. The molecule has 0 saturated carbocycles. The molecule has 0 unspecified atom stereocenters. The summed E-state index contributed by atoms with van der Waals surface area (Å²) in [5.74, 6) is -0.342. The van der Waals surface area contributed by atoms with Crippen LogP contribution in [0.15, 0.2) is 59.5 Å². The number of sulfone groups is 1. The minimum atomic E-state index is -3.66. The molecule has 2 rings (SSSR count). The molecule has 9 heteroatoms. The Balaban J connectivity index is 1.81. The number of benzene rings is 2. The van der Waals surface area contributed by atoms with Gasteiger partial charge in [-0.2, -0.15) is 0 Å². The molecule has 0 fully saturated rings. The van der Waals surface area contributed by atoms with E-state index in [9.17, 15) is 23.3 Å². The number of carbonyl (C=O) groups is 1. The van der Waals surface area contributed by atoms with Gasteiger partial charge in [0.1, 0.15) is 6.61 Å². The lowest BCUT2D eigenvalue weighted by molar-refractivity contribution is -0.384. The zero-order chi connectivity index (χ0) is 18.3. The number of nitrogens with zero attached hydrogens (tertiary/aromatic N) is 1. The molecule has 25 heavy (non-hydrogen) atoms. The predicted molar refractivity (Wildman–Crippen MR) is 89.8 cm³/mol. The maximum Gasteiger partial charge on any atom is 0.407 e. The van der Waals surface area contributed by atoms with E-state index >= 15 is 0 Å². The molecule has 0 aliphatic heterocycles. The maximum absolute atomic E-state index is 12.1. The molecule has 2 aromatic rings. The van der Waals surface area contributed by atoms with Gasteiger partial charge >= 0.3 is 6.09 Å². The lowest BCUT2D eigenvalue weighted by Gasteiger charge is -2.08. The molecule has 0 radical (unpaired) electrons. The second-order valence-electron chi connectivity index (χ2n) is 5.06. The third-order valence-corrected chi connectivity index (χ3v) is 4.99. The second-order valence-corrected chi connectivity index (χ2v) is 7.17. The highest BCUT2D eigenvalue weighted by atomic mass is 32.2. The average Bonchev–Trinajstić information content (AvgIpc) is 2.61. The summed E-state index contributed by atoms with van der Waals surface area (Å²) >= 11 is 0. The van der Waals surface area contributed by atoms with Gasteiger partial charge in [-0.05, 0) is 17.7 Å². The Bertz CT molecular complexity index is 835. The summed E-state index contributed by atoms with van der Waals surface area (Å²) in [6, 6.07) is 13.6. The van der Waals surface area contributed by atoms with Crippen LogP contribution in [0.3, 0.4) is 0 Å². The fraction of sp³-hybridized carbons (Fsp3) is 0.188. The van der Waals surface area contributed by atoms with Gasteiger partial charge in [-0.15, -0.1) is 0 Å². The van der Waals surface area contributed by atoms with Gasteiger partial charge in [0.2, 0.25) is 0 Å². The first kappa shape index (κ1) is 18.4. The van der Waals surface area contributed by atoms with E-state index in [-0.39, 0.29) is 29.5 Å². The van der Waals surface area contributed by atoms with Crippen molar-refractivity contribution >= 4 is 21.6 Å². The van der Waals surface area contributed by atoms with Crippen LogP contribution in [-0.4, -0.2) is 31.7 Å². The molecule has 132 valence electrons. The van der Waals surface area contributed by atoms with Crippen LogP contribution in [0.25, 0.3) is 0 Å². The van der Waals surface area contributed by atoms with Crippen molar-refractivity contribution in [1.29, 1.82) is 0 Å². The zero-order valence-electron chi connectivity index (χ0n) is 13.1. The number of ether oxygens (including phenoxy) is 1. The largest absolute Gasteiger partial charge is 0.445 e. The number of nitro groups is 1. The van der Waals surface area contributed by atoms with E-state index in [1.165, 1.54) is 12.1 Å². The van der Waals surface area contributed by atoms with E-state index in [1.807, 2.05) is 18.2 Å². The quantitative estimate of drug-likeness (QED) is 0.595. The first-order chi connectivity index (χ1) is 11.9. The summed E-state index contributed by atoms with van der Waals surface area (Å²) < 4.78 is 29.2. The normalized spacial score (nSPS) is 10.9. The van der Waals surface area contributed by atoms with Gasteiger partial charge in [-0.25, -0.2) is 13.2 Å². The third kappa shape index (κ3) is 5.57. The number of alkyl carbamates (subject to hydrolysis) is 1. The molecule has 1 N–H and O–H groups in total. The standard InChI is InChI=1S/C16H16N2O6S/c19-16(24-12-13-4-2-1-3-5-13)17-10-11-25(22,23)15-8-6-14(7-9-15)18(20)21/h1-9H,10-12H2,(H,17,19). The van der Waals surface area contributed by atoms with Gasteiger partial charge in [-0.1, -0.05) is 30.3 Å². The van der Waals surface area contributed by atoms with Crippen LogP contribution in [0.5, 0.6) is 0 Å². The van der Waals surface area contributed by atoms with E-state index < -0.39 is 20.9 Å². The molecule has 0 saturated heterocycles. The SMILES string of the molecule is O=C(NCCS(=O)(=O)c1ccc([N+](=O)[O-])cc1)OCc1ccccc1. The van der Waals surface area contributed by atoms with Crippen LogP contribution in [0.2, 0.25) is 0 Å². The smallest absolute Gasteiger partial charge is 0.407 e. The van der Waals surface area contributed by atoms with Gasteiger partial charge in [0, 0.05) is 18.7 Å². The number of hydrogen-bond donors (Lipinski definition) is 1. The summed E-state index contributed by atoms with van der Waals surface area (Å²) in [6.45, 7) is -0.0469. The Morgan fingerprint density at radius 1 is 1.08 bits per heavy atom. The van der Waals surface area contributed by atoms with Crippen LogP contribution in [0.4, 0.5) is 10.5 Å². The third-order valence-electron chi connectivity index (χ3n) is 3.26. The fourth-order valence-corrected chi connectivity index (χ4v) is 3.11. The molecular weight excluding hydrogens is 348 g/mol. The number of nitro benzene ring substituents is 1. The minimum Gasteiger partial charge on any atom is -0.445 e. The van der Waals surface area contributed by atoms with Crippen molar-refractivity contribution < 1.29 is 22.9 Å². The Morgan fingerprint density at radius 3 is 2.32 bits per heavy atom. The summed E-state index contributed by atoms with van der Waals surface area (Å²) in [7, 11) is -3.66. The van der Waals surface area contributed by atoms with Crippen LogP contribution in [0, 0.1) is 10.1 Å². The van der Waals surface area contributed by atoms with Crippen molar-refractivity contribution in [1.82, 2.24) is 5.32 Å². The van der Waals surface area contributed by atoms with E-state index in [0.717, 1.165) is 17.7 Å². The molecule has 8 nitrogen and oxygen atoms in total. The Labute approximate surface area is 144 Å². The summed E-state index contributed by atoms with van der Waals surface area (Å²) in [6.07, 6.45) is -0.720. The van der Waals surface area contributed by atoms with Gasteiger partial charge in [-0.3, -0.25) is 10.1 Å². The van der Waals surface area contributed by atoms with Crippen molar-refractivity contribution in [2.75, 3.05) is 12.3 Å². The molecule has 0 heterocycles. The molecule has 0 aliphatic rings. The van der Waals surface area contributed by atoms with Crippen LogP contribution >= 0.6 is 0 Å². The molecule has 0 spiro atoms. The number of rotatable bonds is 7. The fourth-order valence-electron chi connectivity index (χ4n) is 1.95. The molecule has 2 aromatic carbocycles. The van der Waals surface area contributed by atoms with Crippen molar-refractivity contribution in [3.63, 3.8) is 0 Å². The predicted octanol–water partition coefficient (Wildman–Crippen LogP) is 2.29. The van der Waals surface area contributed by atoms with E-state index in [0.29, 0.717) is 0 Å². The van der Waals surface area contributed by atoms with E-state index in [1.54, 1.807) is 12.1 Å². The minimum absolute atomic E-state index is 0.0439. The summed E-state index contributed by atoms with van der Waals surface area (Å²) in [5, 5.41) is 12.9. The average molecular weight is 364 g/mol. The van der Waals surface area contributed by atoms with Crippen LogP contribution in [-0.2, 0) is 21.2 Å². The van der Waals surface area contributed by atoms with Gasteiger partial charge in [0.25, 0.3) is 5.69 Å². The Kier molecular flexibility index (Phi) is 6.07. The van der Waals surface area contributed by atoms with Crippen molar-refractivity contribution in [3.05, 3.63) is 70.3 Å². The van der Waals surface area contributed by atoms with E-state index in [4.69, 9.17) is 4.74 Å². The van der Waals surface area contributed by atoms with Gasteiger partial charge < -0.3 is 10.1 Å². The van der Waals surface area contributed by atoms with Crippen molar-refractivity contribution in [2.24, 2.45) is 0 Å². The highest BCUT2D eigenvalue weighted by molar-refractivity contribution is 7.91. The zero-order valence-corrected chi connectivity index (χ0v) is 13.9. The molecule has 0 bridgehead atoms. The topological polar surface area (TPSA) is 116 Å². The first-order valence-electron chi connectivity index (χ1n) is 7.30. The van der Waals surface area contributed by atoms with Crippen LogP contribution < -0.4 is 5.32 Å². The summed E-state index contributed by atoms with van der Waals surface area (Å²) in [4.78, 5) is 21.5. The highest BCUT2D eigenvalue weighted by Crippen LogP contribution is 2.16. The molecule has 0 aromatic heterocycles. The highest BCUT2D eigenvalue weighted by Gasteiger charge is 2.16. The summed E-state index contributed by atoms with van der Waals surface area (Å²) in [5.41, 5.74) is 0.623. The monoisotopic (exact) mass is 364 g/mol. The molecule has 1 amide bonds. The molecule has 0 atom stereocenters. The van der Waals surface area contributed by atoms with Crippen molar-refractivity contribution in [2.45, 2.75) is 11.5 Å². The molecular formula is C16H16N2O6S. The number of amides is 1. The lowest BCUT2D eigenvalue weighted by Crippen LogP contribution is -2.29. The van der Waals surface area contributed by atoms with Crippen LogP contribution in [0.1, 0.15) is 5.56 Å². The lowest BCUT2D eigenvalue weighted by atomic mass is 10.2. The maximum atomic E-state index is 12.1. The number of nitrogens with one attached hydrogen (secondary N) is 1. The van der Waals surface area contributed by atoms with Crippen molar-refractivity contribution in [3.8, 4) is 0 Å². The number of non-ortho nitro benzene ring substituents is 1. The second kappa shape index (κ2) is 8.25. The van der Waals surface area contributed by atoms with Gasteiger partial charge in [0.05, 0.1) is 15.6 Å². The number of hydrogen-bond acceptors (Lipinski definition) is 6.